The van der Waals surface area contributed by atoms with E-state index >= 15 is 0 Å². The topological polar surface area (TPSA) is 122 Å². The molecular formula is C42H59IN4O6Si. The second-order valence-electron chi connectivity index (χ2n) is 18.5. The van der Waals surface area contributed by atoms with Crippen LogP contribution in [0.5, 0.6) is 5.75 Å². The first-order valence-electron chi connectivity index (χ1n) is 19.5. The average molecular weight is 871 g/mol. The number of hydrazine groups is 1. The second kappa shape index (κ2) is 15.1. The molecule has 2 amide bonds. The normalized spacial score (nSPS) is 23.3. The summed E-state index contributed by atoms with van der Waals surface area (Å²) in [6, 6.07) is 11.1. The van der Waals surface area contributed by atoms with E-state index in [0.717, 1.165) is 43.5 Å². The first-order chi connectivity index (χ1) is 25.2. The van der Waals surface area contributed by atoms with Crippen molar-refractivity contribution in [3.05, 3.63) is 51.2 Å². The van der Waals surface area contributed by atoms with Gasteiger partial charge < -0.3 is 24.2 Å². The number of rotatable bonds is 6. The van der Waals surface area contributed by atoms with Gasteiger partial charge in [-0.2, -0.15) is 0 Å². The van der Waals surface area contributed by atoms with Crippen LogP contribution in [0.25, 0.3) is 22.0 Å². The van der Waals surface area contributed by atoms with Crippen LogP contribution in [0.15, 0.2) is 36.4 Å². The van der Waals surface area contributed by atoms with Crippen molar-refractivity contribution in [2.24, 2.45) is 17.3 Å². The van der Waals surface area contributed by atoms with E-state index in [0.29, 0.717) is 29.6 Å². The Kier molecular flexibility index (Phi) is 11.3. The minimum atomic E-state index is -2.37. The summed E-state index contributed by atoms with van der Waals surface area (Å²) in [7, 11) is -2.37. The van der Waals surface area contributed by atoms with Gasteiger partial charge in [-0.05, 0) is 131 Å². The third-order valence-electron chi connectivity index (χ3n) is 11.5. The monoisotopic (exact) mass is 870 g/mol. The summed E-state index contributed by atoms with van der Waals surface area (Å²) in [6.45, 7) is 23.9. The summed E-state index contributed by atoms with van der Waals surface area (Å²) in [6.07, 6.45) is 1.04. The van der Waals surface area contributed by atoms with Gasteiger partial charge in [0.15, 0.2) is 0 Å². The molecule has 2 unspecified atom stereocenters. The lowest BCUT2D eigenvalue weighted by atomic mass is 9.86. The zero-order valence-electron chi connectivity index (χ0n) is 33.8. The Morgan fingerprint density at radius 1 is 1.02 bits per heavy atom. The number of carbonyl (C=O) groups is 3. The van der Waals surface area contributed by atoms with E-state index in [-0.39, 0.29) is 42.2 Å². The van der Waals surface area contributed by atoms with Gasteiger partial charge in [-0.15, -0.1) is 0 Å². The number of cyclic esters (lactones) is 1. The lowest BCUT2D eigenvalue weighted by molar-refractivity contribution is -0.155. The number of carbonyl (C=O) groups excluding carboxylic acids is 3. The predicted octanol–water partition coefficient (Wildman–Crippen LogP) is 8.91. The molecule has 3 N–H and O–H groups in total. The second-order valence-corrected chi connectivity index (χ2v) is 25.0. The van der Waals surface area contributed by atoms with Crippen molar-refractivity contribution in [3.8, 4) is 16.9 Å². The first-order valence-corrected chi connectivity index (χ1v) is 22.8. The largest absolute Gasteiger partial charge is 0.543 e. The van der Waals surface area contributed by atoms with Crippen LogP contribution in [-0.2, 0) is 31.9 Å². The van der Waals surface area contributed by atoms with Gasteiger partial charge in [-0.25, -0.2) is 10.2 Å². The van der Waals surface area contributed by atoms with Gasteiger partial charge in [-0.1, -0.05) is 67.5 Å². The maximum atomic E-state index is 14.6. The van der Waals surface area contributed by atoms with Crippen LogP contribution < -0.4 is 15.2 Å². The molecule has 3 aromatic rings. The Hall–Kier alpha value is -3.10. The molecule has 6 rings (SSSR count). The molecule has 4 atom stereocenters. The van der Waals surface area contributed by atoms with Crippen molar-refractivity contribution in [1.29, 1.82) is 0 Å². The number of aromatic nitrogens is 1. The lowest BCUT2D eigenvalue weighted by Crippen LogP contribution is -2.61. The number of benzene rings is 2. The Balaban J connectivity index is 1.52. The number of nitrogens with one attached hydrogen (secondary N) is 3. The van der Waals surface area contributed by atoms with Crippen LogP contribution in [0, 0.1) is 21.0 Å². The van der Waals surface area contributed by atoms with Crippen LogP contribution in [0.3, 0.4) is 0 Å². The van der Waals surface area contributed by atoms with Crippen molar-refractivity contribution < 1.29 is 28.3 Å². The van der Waals surface area contributed by atoms with E-state index in [1.165, 1.54) is 10.6 Å². The zero-order chi connectivity index (χ0) is 39.5. The summed E-state index contributed by atoms with van der Waals surface area (Å²) in [4.78, 5) is 45.2. The summed E-state index contributed by atoms with van der Waals surface area (Å²) in [5, 5.41) is 5.55. The van der Waals surface area contributed by atoms with Crippen LogP contribution in [0.2, 0.25) is 16.6 Å². The standard InChI is InChI=1S/C42H59IN4O6Si/c1-23(2)54(24(3)4,25(5)6)53-30-15-26-14-28(17-30)27-12-13-34-32(18-27)33(37(43)44-34)20-42(10,11)22-51-39(49)36-31-19-29(31)21-47(46-36)38(48)35(16-26)45-40(50)52-41(7,8)9/h12-15,17-18,23-25,29,31,35-36,44,46H,16,19-22H2,1-11H3,(H,45,50)/t29?,31?,35-,36-/m0/s1. The SMILES string of the molecule is CC(C)[Si](Oc1cc2cc(c1)-c1ccc3[nH]c(I)c(c3c1)CC(C)(C)COC(=O)[C@H]1NN(CC3CC31)C(=O)[C@@H](NC(=O)OC(C)(C)C)C2)(C(C)C)C(C)C. The third kappa shape index (κ3) is 8.50. The molecule has 1 saturated heterocycles. The summed E-state index contributed by atoms with van der Waals surface area (Å²) in [5.74, 6) is 0.362. The van der Waals surface area contributed by atoms with Gasteiger partial charge in [0.25, 0.3) is 14.2 Å². The Labute approximate surface area is 335 Å². The van der Waals surface area contributed by atoms with E-state index < -0.39 is 32.1 Å². The molecule has 12 heteroatoms. The molecule has 2 aromatic carbocycles. The number of alkyl carbamates (subject to hydrolysis) is 1. The van der Waals surface area contributed by atoms with Gasteiger partial charge >= 0.3 is 12.1 Å². The number of esters is 1. The fourth-order valence-electron chi connectivity index (χ4n) is 8.91. The lowest BCUT2D eigenvalue weighted by Gasteiger charge is -2.42. The predicted molar refractivity (Wildman–Crippen MR) is 224 cm³/mol. The van der Waals surface area contributed by atoms with Gasteiger partial charge in [0.05, 0.1) is 10.3 Å². The average Bonchev–Trinajstić information content (AvgIpc) is 3.79. The fourth-order valence-corrected chi connectivity index (χ4v) is 14.9. The molecule has 3 heterocycles. The van der Waals surface area contributed by atoms with Crippen molar-refractivity contribution in [2.75, 3.05) is 13.2 Å². The van der Waals surface area contributed by atoms with E-state index in [1.54, 1.807) is 20.8 Å². The highest BCUT2D eigenvalue weighted by molar-refractivity contribution is 14.1. The van der Waals surface area contributed by atoms with E-state index in [1.807, 2.05) is 6.07 Å². The number of nitrogens with zero attached hydrogens (tertiary/aromatic N) is 1. The van der Waals surface area contributed by atoms with Crippen LogP contribution in [-0.4, -0.2) is 67.1 Å². The van der Waals surface area contributed by atoms with Gasteiger partial charge in [0.1, 0.15) is 23.4 Å². The number of H-pyrrole nitrogens is 1. The van der Waals surface area contributed by atoms with E-state index in [4.69, 9.17) is 13.9 Å². The van der Waals surface area contributed by atoms with Crippen molar-refractivity contribution in [2.45, 2.75) is 130 Å². The van der Waals surface area contributed by atoms with Crippen molar-refractivity contribution >= 4 is 59.8 Å². The van der Waals surface area contributed by atoms with Gasteiger partial charge in [-0.3, -0.25) is 14.6 Å². The van der Waals surface area contributed by atoms with Gasteiger partial charge in [0.2, 0.25) is 0 Å². The summed E-state index contributed by atoms with van der Waals surface area (Å²) < 4.78 is 20.1. The minimum Gasteiger partial charge on any atom is -0.543 e. The first kappa shape index (κ1) is 40.6. The molecule has 54 heavy (non-hydrogen) atoms. The van der Waals surface area contributed by atoms with Crippen molar-refractivity contribution in [3.63, 3.8) is 0 Å². The molecule has 6 bridgehead atoms. The smallest absolute Gasteiger partial charge is 0.408 e. The Bertz CT molecular complexity index is 1890. The molecule has 1 aromatic heterocycles. The molecule has 0 radical (unpaired) electrons. The highest BCUT2D eigenvalue weighted by Crippen LogP contribution is 2.46. The van der Waals surface area contributed by atoms with E-state index in [9.17, 15) is 14.4 Å². The maximum Gasteiger partial charge on any atom is 0.408 e. The molecule has 0 spiro atoms. The number of hydrogen-bond donors (Lipinski definition) is 3. The van der Waals surface area contributed by atoms with Gasteiger partial charge in [0, 0.05) is 29.3 Å². The molecular weight excluding hydrogens is 811 g/mol. The molecule has 1 aliphatic carbocycles. The molecule has 294 valence electrons. The minimum absolute atomic E-state index is 0.101. The quantitative estimate of drug-likeness (QED) is 0.129. The number of halogens is 1. The summed E-state index contributed by atoms with van der Waals surface area (Å²) >= 11 is 2.37. The molecule has 2 fully saturated rings. The Morgan fingerprint density at radius 2 is 1.70 bits per heavy atom. The highest BCUT2D eigenvalue weighted by Gasteiger charge is 2.53. The number of fused-ring (bicyclic) bond motifs is 8. The molecule has 2 aliphatic heterocycles. The van der Waals surface area contributed by atoms with Crippen LogP contribution in [0.1, 0.15) is 93.7 Å². The molecule has 1 saturated carbocycles. The summed E-state index contributed by atoms with van der Waals surface area (Å²) in [5.41, 5.74) is 8.23. The third-order valence-corrected chi connectivity index (χ3v) is 18.4. The number of ether oxygens (including phenoxy) is 2. The Morgan fingerprint density at radius 3 is 2.35 bits per heavy atom. The molecule has 10 nitrogen and oxygen atoms in total. The maximum absolute atomic E-state index is 14.6. The molecule has 3 aliphatic rings. The zero-order valence-corrected chi connectivity index (χ0v) is 37.0. The number of hydrogen-bond acceptors (Lipinski definition) is 7. The van der Waals surface area contributed by atoms with Crippen LogP contribution >= 0.6 is 22.6 Å². The van der Waals surface area contributed by atoms with E-state index in [2.05, 4.69) is 124 Å². The number of aromatic amines is 1. The fraction of sp³-hybridized carbons (Fsp3) is 0.595. The van der Waals surface area contributed by atoms with Crippen molar-refractivity contribution in [1.82, 2.24) is 20.7 Å². The van der Waals surface area contributed by atoms with Crippen LogP contribution in [0.4, 0.5) is 4.79 Å². The highest BCUT2D eigenvalue weighted by atomic mass is 127. The number of amides is 2.